The van der Waals surface area contributed by atoms with E-state index in [1.807, 2.05) is 48.5 Å². The Bertz CT molecular complexity index is 1560. The second-order valence-electron chi connectivity index (χ2n) is 10.6. The van der Waals surface area contributed by atoms with Crippen molar-refractivity contribution in [2.75, 3.05) is 20.2 Å². The standard InChI is InChI=1S/C20H24N2O2.C13H8O2/c1-3-13-12-22-9-7-14(13)10-19(22)20(23)16-6-8-21-18-5-4-15(24-2)11-17(16)18;14-13(15)8-5-6-11-9-3-1-2-4-10(9)12(11)7-8/h3-6,8,11,13-14,19-20,23H,1,7,9-10,12H2,2H3;1-7H,(H,14,15)/t13-,14-,19+,20-;/m0./s1. The van der Waals surface area contributed by atoms with Crippen LogP contribution in [0.4, 0.5) is 0 Å². The SMILES string of the molecule is C=C[C@H]1C[N@]2CC[C@H]1C[C@@H]2[C@@H](O)c1ccnc2ccc(OC)cc12.O=C(O)c1ccc2c(c1)-c1ccccc1-2. The first-order valence-electron chi connectivity index (χ1n) is 13.4. The predicted octanol–water partition coefficient (Wildman–Crippen LogP) is 6.21. The summed E-state index contributed by atoms with van der Waals surface area (Å²) in [5.41, 5.74) is 6.75. The Morgan fingerprint density at radius 2 is 1.85 bits per heavy atom. The van der Waals surface area contributed by atoms with Crippen LogP contribution in [0, 0.1) is 11.8 Å². The van der Waals surface area contributed by atoms with E-state index < -0.39 is 12.1 Å². The monoisotopic (exact) mass is 520 g/mol. The number of ether oxygens (including phenoxy) is 1. The number of nitrogens with zero attached hydrogens (tertiary/aromatic N) is 2. The van der Waals surface area contributed by atoms with Gasteiger partial charge in [0.15, 0.2) is 0 Å². The average Bonchev–Trinajstić information content (AvgIpc) is 2.99. The van der Waals surface area contributed by atoms with E-state index in [9.17, 15) is 9.90 Å². The molecule has 1 aromatic heterocycles. The molecule has 2 N–H and O–H groups in total. The maximum Gasteiger partial charge on any atom is 0.335 e. The van der Waals surface area contributed by atoms with Crippen LogP contribution < -0.4 is 4.74 Å². The number of carbonyl (C=O) groups is 1. The molecule has 3 aromatic carbocycles. The molecule has 39 heavy (non-hydrogen) atoms. The summed E-state index contributed by atoms with van der Waals surface area (Å²) in [7, 11) is 1.66. The number of piperidine rings is 3. The minimum atomic E-state index is -0.873. The molecule has 1 aliphatic carbocycles. The van der Waals surface area contributed by atoms with Gasteiger partial charge >= 0.3 is 5.97 Å². The zero-order valence-corrected chi connectivity index (χ0v) is 22.0. The van der Waals surface area contributed by atoms with E-state index in [-0.39, 0.29) is 6.04 Å². The van der Waals surface area contributed by atoms with E-state index in [1.165, 1.54) is 12.0 Å². The molecule has 198 valence electrons. The molecule has 0 radical (unpaired) electrons. The summed E-state index contributed by atoms with van der Waals surface area (Å²) in [5.74, 6) is 1.13. The van der Waals surface area contributed by atoms with E-state index in [0.717, 1.165) is 58.4 Å². The summed E-state index contributed by atoms with van der Waals surface area (Å²) >= 11 is 0. The van der Waals surface area contributed by atoms with Gasteiger partial charge in [-0.2, -0.15) is 0 Å². The van der Waals surface area contributed by atoms with Gasteiger partial charge in [-0.3, -0.25) is 9.88 Å². The van der Waals surface area contributed by atoms with E-state index in [1.54, 1.807) is 25.4 Å². The molecule has 4 heterocycles. The Morgan fingerprint density at radius 3 is 2.54 bits per heavy atom. The number of hydrogen-bond donors (Lipinski definition) is 2. The molecule has 8 rings (SSSR count). The van der Waals surface area contributed by atoms with E-state index in [2.05, 4.69) is 28.6 Å². The average molecular weight is 521 g/mol. The van der Waals surface area contributed by atoms with Gasteiger partial charge < -0.3 is 14.9 Å². The number of fused-ring (bicyclic) bond motifs is 8. The Kier molecular flexibility index (Phi) is 6.67. The maximum absolute atomic E-state index is 11.2. The van der Waals surface area contributed by atoms with Crippen molar-refractivity contribution in [2.45, 2.75) is 25.0 Å². The largest absolute Gasteiger partial charge is 0.497 e. The molecule has 4 aliphatic rings. The lowest BCUT2D eigenvalue weighted by Gasteiger charge is -2.50. The number of hydrogen-bond acceptors (Lipinski definition) is 5. The van der Waals surface area contributed by atoms with Gasteiger partial charge in [-0.05, 0) is 95.4 Å². The van der Waals surface area contributed by atoms with Gasteiger partial charge in [0.05, 0.1) is 24.3 Å². The molecule has 0 amide bonds. The molecule has 3 aliphatic heterocycles. The zero-order chi connectivity index (χ0) is 27.1. The lowest BCUT2D eigenvalue weighted by molar-refractivity contribution is -0.0444. The zero-order valence-electron chi connectivity index (χ0n) is 22.0. The lowest BCUT2D eigenvalue weighted by Crippen LogP contribution is -2.54. The quantitative estimate of drug-likeness (QED) is 0.268. The highest BCUT2D eigenvalue weighted by Crippen LogP contribution is 2.47. The summed E-state index contributed by atoms with van der Waals surface area (Å²) in [4.78, 5) is 17.7. The van der Waals surface area contributed by atoms with Crippen LogP contribution in [0.5, 0.6) is 5.75 Å². The topological polar surface area (TPSA) is 82.9 Å². The third-order valence-electron chi connectivity index (χ3n) is 8.59. The van der Waals surface area contributed by atoms with Crippen LogP contribution in [-0.4, -0.2) is 52.3 Å². The van der Waals surface area contributed by atoms with Gasteiger partial charge in [0.25, 0.3) is 0 Å². The Balaban J connectivity index is 0.000000158. The molecule has 6 nitrogen and oxygen atoms in total. The van der Waals surface area contributed by atoms with Crippen molar-refractivity contribution < 1.29 is 19.7 Å². The van der Waals surface area contributed by atoms with Gasteiger partial charge in [0.1, 0.15) is 5.75 Å². The first-order chi connectivity index (χ1) is 19.0. The number of aromatic carboxylic acids is 1. The fraction of sp³-hybridized carbons (Fsp3) is 0.273. The number of methoxy groups -OCH3 is 1. The second kappa shape index (κ2) is 10.3. The van der Waals surface area contributed by atoms with E-state index in [0.29, 0.717) is 17.4 Å². The molecule has 6 heteroatoms. The summed E-state index contributed by atoms with van der Waals surface area (Å²) in [6, 6.07) is 21.3. The predicted molar refractivity (Wildman–Crippen MR) is 153 cm³/mol. The molecular formula is C33H32N2O4. The van der Waals surface area contributed by atoms with Crippen molar-refractivity contribution >= 4 is 16.9 Å². The van der Waals surface area contributed by atoms with Crippen LogP contribution in [0.25, 0.3) is 33.2 Å². The number of aromatic nitrogens is 1. The maximum atomic E-state index is 11.2. The Hall–Kier alpha value is -4.00. The van der Waals surface area contributed by atoms with E-state index >= 15 is 0 Å². The first kappa shape index (κ1) is 25.3. The van der Waals surface area contributed by atoms with Gasteiger partial charge in [-0.15, -0.1) is 6.58 Å². The van der Waals surface area contributed by atoms with Gasteiger partial charge in [-0.25, -0.2) is 4.79 Å². The van der Waals surface area contributed by atoms with E-state index in [4.69, 9.17) is 9.84 Å². The first-order valence-corrected chi connectivity index (χ1v) is 13.4. The Morgan fingerprint density at radius 1 is 1.08 bits per heavy atom. The van der Waals surface area contributed by atoms with Crippen LogP contribution in [0.2, 0.25) is 0 Å². The minimum Gasteiger partial charge on any atom is -0.497 e. The highest BCUT2D eigenvalue weighted by Gasteiger charge is 2.42. The molecule has 0 saturated carbocycles. The van der Waals surface area contributed by atoms with Crippen molar-refractivity contribution in [1.29, 1.82) is 0 Å². The van der Waals surface area contributed by atoms with Gasteiger partial charge in [0, 0.05) is 24.2 Å². The van der Waals surface area contributed by atoms with Crippen molar-refractivity contribution in [3.63, 3.8) is 0 Å². The van der Waals surface area contributed by atoms with Crippen molar-refractivity contribution in [3.8, 4) is 28.0 Å². The molecule has 3 saturated heterocycles. The molecule has 4 aromatic rings. The minimum absolute atomic E-state index is 0.178. The fourth-order valence-corrected chi connectivity index (χ4v) is 6.47. The van der Waals surface area contributed by atoms with Crippen LogP contribution in [-0.2, 0) is 0 Å². The van der Waals surface area contributed by atoms with Gasteiger partial charge in [-0.1, -0.05) is 36.4 Å². The van der Waals surface area contributed by atoms with Crippen LogP contribution in [0.3, 0.4) is 0 Å². The number of carboxylic acid groups (broad SMARTS) is 1. The molecule has 5 atom stereocenters. The molecule has 0 unspecified atom stereocenters. The van der Waals surface area contributed by atoms with Crippen molar-refractivity contribution in [2.24, 2.45) is 11.8 Å². The summed E-state index contributed by atoms with van der Waals surface area (Å²) in [5, 5.41) is 21.0. The normalized spacial score (nSPS) is 22.9. The van der Waals surface area contributed by atoms with Crippen LogP contribution >= 0.6 is 0 Å². The van der Waals surface area contributed by atoms with Crippen molar-refractivity contribution in [3.05, 3.63) is 96.7 Å². The number of aliphatic hydroxyl groups excluding tert-OH is 1. The molecule has 2 bridgehead atoms. The van der Waals surface area contributed by atoms with Gasteiger partial charge in [0.2, 0.25) is 0 Å². The number of pyridine rings is 1. The van der Waals surface area contributed by atoms with Crippen molar-refractivity contribution in [1.82, 2.24) is 9.88 Å². The Labute approximate surface area is 228 Å². The molecule has 0 spiro atoms. The highest BCUT2D eigenvalue weighted by atomic mass is 16.5. The van der Waals surface area contributed by atoms with Crippen LogP contribution in [0.15, 0.2) is 85.6 Å². The molecule has 3 fully saturated rings. The number of aliphatic hydroxyl groups is 1. The summed E-state index contributed by atoms with van der Waals surface area (Å²) in [6.07, 6.45) is 5.62. The summed E-state index contributed by atoms with van der Waals surface area (Å²) in [6.45, 7) is 6.07. The third kappa shape index (κ3) is 4.50. The number of rotatable bonds is 5. The lowest BCUT2D eigenvalue weighted by atomic mass is 9.73. The smallest absolute Gasteiger partial charge is 0.335 e. The fourth-order valence-electron chi connectivity index (χ4n) is 6.47. The number of carboxylic acids is 1. The van der Waals surface area contributed by atoms with Crippen LogP contribution in [0.1, 0.15) is 34.9 Å². The summed E-state index contributed by atoms with van der Waals surface area (Å²) < 4.78 is 5.35. The number of benzene rings is 3. The molecular weight excluding hydrogens is 488 g/mol. The second-order valence-corrected chi connectivity index (χ2v) is 10.6. The third-order valence-corrected chi connectivity index (χ3v) is 8.59. The highest BCUT2D eigenvalue weighted by molar-refractivity contribution is 6.04.